The van der Waals surface area contributed by atoms with E-state index < -0.39 is 0 Å². The third-order valence-corrected chi connectivity index (χ3v) is 3.63. The van der Waals surface area contributed by atoms with Crippen molar-refractivity contribution in [2.75, 3.05) is 0 Å². The van der Waals surface area contributed by atoms with Crippen molar-refractivity contribution >= 4 is 33.0 Å². The number of fused-ring (bicyclic) bond motifs is 1. The number of hydrogen-bond acceptors (Lipinski definition) is 3. The van der Waals surface area contributed by atoms with E-state index in [9.17, 15) is 0 Å². The van der Waals surface area contributed by atoms with Gasteiger partial charge in [0.25, 0.3) is 0 Å². The molecule has 0 aliphatic rings. The molecule has 0 unspecified atom stereocenters. The minimum atomic E-state index is 0.448. The highest BCUT2D eigenvalue weighted by Crippen LogP contribution is 2.33. The van der Waals surface area contributed by atoms with E-state index >= 15 is 0 Å². The van der Waals surface area contributed by atoms with Crippen LogP contribution in [0.2, 0.25) is 5.15 Å². The molecule has 0 saturated heterocycles. The molecule has 0 aliphatic heterocycles. The van der Waals surface area contributed by atoms with Crippen LogP contribution in [0.1, 0.15) is 0 Å². The Labute approximate surface area is 102 Å². The monoisotopic (exact) mass is 246 g/mol. The van der Waals surface area contributed by atoms with Gasteiger partial charge in [-0.2, -0.15) is 0 Å². The van der Waals surface area contributed by atoms with E-state index in [1.807, 2.05) is 12.1 Å². The SMILES string of the molecule is Clc1nccnc1-c1cccc2ccsc12. The van der Waals surface area contributed by atoms with Gasteiger partial charge in [-0.1, -0.05) is 29.8 Å². The number of hydrogen-bond donors (Lipinski definition) is 0. The maximum absolute atomic E-state index is 6.06. The molecule has 2 nitrogen and oxygen atoms in total. The summed E-state index contributed by atoms with van der Waals surface area (Å²) in [6.45, 7) is 0. The van der Waals surface area contributed by atoms with Crippen molar-refractivity contribution in [2.24, 2.45) is 0 Å². The summed E-state index contributed by atoms with van der Waals surface area (Å²) in [6.07, 6.45) is 3.26. The predicted molar refractivity (Wildman–Crippen MR) is 67.9 cm³/mol. The van der Waals surface area contributed by atoms with Gasteiger partial charge in [-0.15, -0.1) is 11.3 Å². The Balaban J connectivity index is 2.34. The quantitative estimate of drug-likeness (QED) is 0.648. The second kappa shape index (κ2) is 3.85. The van der Waals surface area contributed by atoms with E-state index in [2.05, 4.69) is 27.5 Å². The highest BCUT2D eigenvalue weighted by atomic mass is 35.5. The molecule has 0 spiro atoms. The molecule has 0 fully saturated rings. The molecule has 78 valence electrons. The van der Waals surface area contributed by atoms with Gasteiger partial charge in [-0.05, 0) is 16.8 Å². The summed E-state index contributed by atoms with van der Waals surface area (Å²) in [7, 11) is 0. The highest BCUT2D eigenvalue weighted by molar-refractivity contribution is 7.17. The summed E-state index contributed by atoms with van der Waals surface area (Å²) >= 11 is 7.75. The normalized spacial score (nSPS) is 10.8. The van der Waals surface area contributed by atoms with E-state index in [1.54, 1.807) is 23.7 Å². The zero-order chi connectivity index (χ0) is 11.0. The van der Waals surface area contributed by atoms with Gasteiger partial charge in [0, 0.05) is 22.7 Å². The van der Waals surface area contributed by atoms with Crippen LogP contribution < -0.4 is 0 Å². The Morgan fingerprint density at radius 1 is 1.06 bits per heavy atom. The Morgan fingerprint density at radius 3 is 2.81 bits per heavy atom. The molecule has 0 aliphatic carbocycles. The molecule has 3 rings (SSSR count). The van der Waals surface area contributed by atoms with Crippen LogP contribution >= 0.6 is 22.9 Å². The van der Waals surface area contributed by atoms with Crippen molar-refractivity contribution in [3.8, 4) is 11.3 Å². The average molecular weight is 247 g/mol. The largest absolute Gasteiger partial charge is 0.251 e. The van der Waals surface area contributed by atoms with E-state index in [-0.39, 0.29) is 0 Å². The molecule has 1 aromatic carbocycles. The van der Waals surface area contributed by atoms with Gasteiger partial charge in [0.15, 0.2) is 5.15 Å². The Morgan fingerprint density at radius 2 is 1.94 bits per heavy atom. The van der Waals surface area contributed by atoms with Crippen molar-refractivity contribution in [3.05, 3.63) is 47.2 Å². The summed E-state index contributed by atoms with van der Waals surface area (Å²) < 4.78 is 1.20. The number of halogens is 1. The molecule has 2 aromatic heterocycles. The summed E-state index contributed by atoms with van der Waals surface area (Å²) in [6, 6.07) is 8.21. The van der Waals surface area contributed by atoms with Crippen molar-refractivity contribution in [1.29, 1.82) is 0 Å². The topological polar surface area (TPSA) is 25.8 Å². The molecule has 4 heteroatoms. The fraction of sp³-hybridized carbons (Fsp3) is 0. The first-order chi connectivity index (χ1) is 7.86. The van der Waals surface area contributed by atoms with Gasteiger partial charge in [0.2, 0.25) is 0 Å². The number of nitrogens with zero attached hydrogens (tertiary/aromatic N) is 2. The standard InChI is InChI=1S/C12H7ClN2S/c13-12-10(14-5-6-15-12)9-3-1-2-8-4-7-16-11(8)9/h1-7H. The van der Waals surface area contributed by atoms with Crippen molar-refractivity contribution in [2.45, 2.75) is 0 Å². The zero-order valence-corrected chi connectivity index (χ0v) is 9.79. The summed E-state index contributed by atoms with van der Waals surface area (Å²) in [4.78, 5) is 8.34. The lowest BCUT2D eigenvalue weighted by atomic mass is 10.1. The van der Waals surface area contributed by atoms with Crippen LogP contribution in [-0.2, 0) is 0 Å². The highest BCUT2D eigenvalue weighted by Gasteiger charge is 2.09. The Bertz CT molecular complexity index is 648. The van der Waals surface area contributed by atoms with Gasteiger partial charge in [0.1, 0.15) is 5.69 Å². The fourth-order valence-corrected chi connectivity index (χ4v) is 2.80. The maximum atomic E-state index is 6.06. The maximum Gasteiger partial charge on any atom is 0.155 e. The third-order valence-electron chi connectivity index (χ3n) is 2.39. The minimum absolute atomic E-state index is 0.448. The van der Waals surface area contributed by atoms with E-state index in [4.69, 9.17) is 11.6 Å². The first kappa shape index (κ1) is 9.75. The summed E-state index contributed by atoms with van der Waals surface area (Å²) in [5.74, 6) is 0. The first-order valence-electron chi connectivity index (χ1n) is 4.79. The van der Waals surface area contributed by atoms with Crippen molar-refractivity contribution < 1.29 is 0 Å². The van der Waals surface area contributed by atoms with E-state index in [0.717, 1.165) is 11.3 Å². The third kappa shape index (κ3) is 1.49. The van der Waals surface area contributed by atoms with Crippen LogP contribution in [0.15, 0.2) is 42.0 Å². The number of thiophene rings is 1. The van der Waals surface area contributed by atoms with Crippen LogP contribution in [0.3, 0.4) is 0 Å². The van der Waals surface area contributed by atoms with Crippen LogP contribution in [-0.4, -0.2) is 9.97 Å². The Kier molecular flexibility index (Phi) is 2.35. The molecule has 0 radical (unpaired) electrons. The molecule has 0 saturated carbocycles. The van der Waals surface area contributed by atoms with Gasteiger partial charge < -0.3 is 0 Å². The molecular weight excluding hydrogens is 240 g/mol. The summed E-state index contributed by atoms with van der Waals surface area (Å²) in [5, 5.41) is 3.73. The van der Waals surface area contributed by atoms with Gasteiger partial charge in [-0.25, -0.2) is 4.98 Å². The lowest BCUT2D eigenvalue weighted by molar-refractivity contribution is 1.21. The van der Waals surface area contributed by atoms with Crippen LogP contribution in [0.25, 0.3) is 21.3 Å². The molecular formula is C12H7ClN2S. The Hall–Kier alpha value is -1.45. The predicted octanol–water partition coefficient (Wildman–Crippen LogP) is 4.01. The second-order valence-corrected chi connectivity index (χ2v) is 4.61. The lowest BCUT2D eigenvalue weighted by Gasteiger charge is -2.03. The number of rotatable bonds is 1. The molecule has 0 atom stereocenters. The molecule has 0 amide bonds. The van der Waals surface area contributed by atoms with Crippen molar-refractivity contribution in [3.63, 3.8) is 0 Å². The van der Waals surface area contributed by atoms with E-state index in [0.29, 0.717) is 5.15 Å². The van der Waals surface area contributed by atoms with Crippen LogP contribution in [0.5, 0.6) is 0 Å². The van der Waals surface area contributed by atoms with Crippen LogP contribution in [0.4, 0.5) is 0 Å². The number of aromatic nitrogens is 2. The second-order valence-electron chi connectivity index (χ2n) is 3.34. The van der Waals surface area contributed by atoms with Crippen LogP contribution in [0, 0.1) is 0 Å². The lowest BCUT2D eigenvalue weighted by Crippen LogP contribution is -1.86. The number of benzene rings is 1. The van der Waals surface area contributed by atoms with Gasteiger partial charge in [0.05, 0.1) is 0 Å². The molecule has 16 heavy (non-hydrogen) atoms. The summed E-state index contributed by atoms with van der Waals surface area (Å²) in [5.41, 5.74) is 1.79. The van der Waals surface area contributed by atoms with Gasteiger partial charge in [-0.3, -0.25) is 4.98 Å². The smallest absolute Gasteiger partial charge is 0.155 e. The minimum Gasteiger partial charge on any atom is -0.251 e. The molecule has 2 heterocycles. The van der Waals surface area contributed by atoms with Gasteiger partial charge >= 0.3 is 0 Å². The average Bonchev–Trinajstić information content (AvgIpc) is 2.77. The molecule has 0 N–H and O–H groups in total. The fourth-order valence-electron chi connectivity index (χ4n) is 1.68. The van der Waals surface area contributed by atoms with Crippen molar-refractivity contribution in [1.82, 2.24) is 9.97 Å². The van der Waals surface area contributed by atoms with E-state index in [1.165, 1.54) is 10.1 Å². The first-order valence-corrected chi connectivity index (χ1v) is 6.05. The zero-order valence-electron chi connectivity index (χ0n) is 8.22. The molecule has 0 bridgehead atoms. The molecule has 3 aromatic rings.